The summed E-state index contributed by atoms with van der Waals surface area (Å²) in [5, 5.41) is 2.54. The predicted octanol–water partition coefficient (Wildman–Crippen LogP) is 13.4. The van der Waals surface area contributed by atoms with Crippen molar-refractivity contribution in [1.29, 1.82) is 0 Å². The van der Waals surface area contributed by atoms with E-state index in [1.807, 2.05) is 23.5 Å². The molecule has 244 valence electrons. The van der Waals surface area contributed by atoms with Gasteiger partial charge in [-0.05, 0) is 87.0 Å². The Bertz CT molecular complexity index is 2810. The molecule has 0 aliphatic carbocycles. The van der Waals surface area contributed by atoms with Gasteiger partial charge in [0.15, 0.2) is 0 Å². The quantitative estimate of drug-likeness (QED) is 0.181. The highest BCUT2D eigenvalue weighted by Crippen LogP contribution is 2.64. The van der Waals surface area contributed by atoms with Crippen molar-refractivity contribution in [1.82, 2.24) is 4.57 Å². The van der Waals surface area contributed by atoms with Crippen LogP contribution in [0.15, 0.2) is 208 Å². The van der Waals surface area contributed by atoms with Crippen molar-refractivity contribution < 1.29 is 0 Å². The van der Waals surface area contributed by atoms with Gasteiger partial charge in [0.1, 0.15) is 0 Å². The number of hydrogen-bond donors (Lipinski definition) is 0. The summed E-state index contributed by atoms with van der Waals surface area (Å²) in [6.07, 6.45) is 0. The number of rotatable bonds is 3. The second-order valence-corrected chi connectivity index (χ2v) is 15.7. The van der Waals surface area contributed by atoms with Crippen LogP contribution in [0, 0.1) is 0 Å². The van der Waals surface area contributed by atoms with E-state index in [4.69, 9.17) is 0 Å². The molecule has 3 heteroatoms. The van der Waals surface area contributed by atoms with Gasteiger partial charge in [0.2, 0.25) is 0 Å². The number of nitrogens with zero attached hydrogens (tertiary/aromatic N) is 1. The van der Waals surface area contributed by atoms with Crippen molar-refractivity contribution in [2.45, 2.75) is 25.0 Å². The van der Waals surface area contributed by atoms with E-state index in [0.29, 0.717) is 0 Å². The highest BCUT2D eigenvalue weighted by Gasteiger charge is 2.50. The normalized spacial score (nSPS) is 13.8. The fourth-order valence-electron chi connectivity index (χ4n) is 8.82. The summed E-state index contributed by atoms with van der Waals surface area (Å²) in [7, 11) is 0. The van der Waals surface area contributed by atoms with Crippen LogP contribution in [0.25, 0.3) is 49.7 Å². The average molecular weight is 698 g/mol. The van der Waals surface area contributed by atoms with Crippen molar-refractivity contribution in [2.24, 2.45) is 0 Å². The third-order valence-electron chi connectivity index (χ3n) is 10.9. The van der Waals surface area contributed by atoms with Gasteiger partial charge in [-0.15, -0.1) is 0 Å². The Morgan fingerprint density at radius 1 is 0.385 bits per heavy atom. The molecular formula is C49H31NS2. The Morgan fingerprint density at radius 3 is 1.77 bits per heavy atom. The van der Waals surface area contributed by atoms with E-state index in [1.165, 1.54) is 91.6 Å². The number of fused-ring (bicyclic) bond motifs is 11. The zero-order valence-electron chi connectivity index (χ0n) is 28.2. The van der Waals surface area contributed by atoms with E-state index in [9.17, 15) is 0 Å². The summed E-state index contributed by atoms with van der Waals surface area (Å²) >= 11 is 3.82. The minimum atomic E-state index is -0.514. The van der Waals surface area contributed by atoms with Gasteiger partial charge in [-0.3, -0.25) is 0 Å². The molecule has 1 nitrogen and oxygen atoms in total. The van der Waals surface area contributed by atoms with Crippen LogP contribution in [0.3, 0.4) is 0 Å². The maximum atomic E-state index is 2.42. The molecule has 0 saturated heterocycles. The highest BCUT2D eigenvalue weighted by molar-refractivity contribution is 8.00. The average Bonchev–Trinajstić information content (AvgIpc) is 3.54. The molecule has 0 atom stereocenters. The SMILES string of the molecule is c1ccc(-c2cccc3c2C2(c4ccccc4Sc4ccccc42)c2cccc(-c4ccc5c6ccccc6n(-c6ccccc6)c5c4)c2S3)cc1. The topological polar surface area (TPSA) is 4.93 Å². The van der Waals surface area contributed by atoms with Crippen LogP contribution in [0.1, 0.15) is 22.3 Å². The minimum Gasteiger partial charge on any atom is -0.309 e. The molecule has 0 unspecified atom stereocenters. The smallest absolute Gasteiger partial charge is 0.0751 e. The van der Waals surface area contributed by atoms with Crippen LogP contribution >= 0.6 is 23.5 Å². The van der Waals surface area contributed by atoms with Crippen LogP contribution in [-0.4, -0.2) is 4.57 Å². The second kappa shape index (κ2) is 11.6. The molecule has 3 heterocycles. The van der Waals surface area contributed by atoms with Gasteiger partial charge >= 0.3 is 0 Å². The Kier molecular flexibility index (Phi) is 6.70. The van der Waals surface area contributed by atoms with Gasteiger partial charge in [0.05, 0.1) is 16.4 Å². The van der Waals surface area contributed by atoms with Crippen molar-refractivity contribution >= 4 is 45.3 Å². The molecule has 0 radical (unpaired) electrons. The van der Waals surface area contributed by atoms with Gasteiger partial charge in [-0.25, -0.2) is 0 Å². The van der Waals surface area contributed by atoms with Gasteiger partial charge in [-0.1, -0.05) is 169 Å². The van der Waals surface area contributed by atoms with Crippen molar-refractivity contribution in [2.75, 3.05) is 0 Å². The first-order valence-electron chi connectivity index (χ1n) is 17.8. The molecule has 2 aliphatic heterocycles. The van der Waals surface area contributed by atoms with Gasteiger partial charge in [0, 0.05) is 36.0 Å². The van der Waals surface area contributed by atoms with E-state index in [-0.39, 0.29) is 0 Å². The van der Waals surface area contributed by atoms with Crippen LogP contribution in [0.2, 0.25) is 0 Å². The zero-order chi connectivity index (χ0) is 34.2. The Hall–Kier alpha value is -5.74. The lowest BCUT2D eigenvalue weighted by molar-refractivity contribution is 0.669. The van der Waals surface area contributed by atoms with Crippen molar-refractivity contribution in [3.05, 3.63) is 210 Å². The van der Waals surface area contributed by atoms with Crippen LogP contribution < -0.4 is 0 Å². The van der Waals surface area contributed by atoms with Crippen molar-refractivity contribution in [3.63, 3.8) is 0 Å². The largest absolute Gasteiger partial charge is 0.309 e. The van der Waals surface area contributed by atoms with Crippen LogP contribution in [0.4, 0.5) is 0 Å². The molecule has 1 spiro atoms. The number of para-hydroxylation sites is 2. The summed E-state index contributed by atoms with van der Waals surface area (Å²) < 4.78 is 2.42. The summed E-state index contributed by atoms with van der Waals surface area (Å²) in [5.41, 5.74) is 13.5. The molecule has 0 fully saturated rings. The third kappa shape index (κ3) is 4.21. The monoisotopic (exact) mass is 697 g/mol. The molecule has 0 saturated carbocycles. The molecule has 8 aromatic carbocycles. The standard InChI is InChI=1S/C49H31NS2/c1-3-15-32(16-4-1)35-20-14-28-46-47(35)49(39-22-8-11-26-44(39)51-45-27-12-9-23-40(45)49)41-24-13-21-36(48(41)52-46)33-29-30-38-37-19-7-10-25-42(37)50(43(38)31-33)34-17-5-2-6-18-34/h1-31H. The Morgan fingerprint density at radius 2 is 0.981 bits per heavy atom. The van der Waals surface area contributed by atoms with Crippen LogP contribution in [0.5, 0.6) is 0 Å². The molecule has 2 aliphatic rings. The number of aromatic nitrogens is 1. The lowest BCUT2D eigenvalue weighted by Gasteiger charge is -2.47. The van der Waals surface area contributed by atoms with Crippen LogP contribution in [-0.2, 0) is 5.41 Å². The summed E-state index contributed by atoms with van der Waals surface area (Å²) in [5.74, 6) is 0. The molecule has 0 bridgehead atoms. The summed E-state index contributed by atoms with van der Waals surface area (Å²) in [4.78, 5) is 5.25. The predicted molar refractivity (Wildman–Crippen MR) is 218 cm³/mol. The number of hydrogen-bond acceptors (Lipinski definition) is 2. The molecule has 52 heavy (non-hydrogen) atoms. The lowest BCUT2D eigenvalue weighted by Crippen LogP contribution is -2.37. The van der Waals surface area contributed by atoms with Gasteiger partial charge in [-0.2, -0.15) is 0 Å². The second-order valence-electron chi connectivity index (χ2n) is 13.6. The van der Waals surface area contributed by atoms with E-state index in [1.54, 1.807) is 0 Å². The van der Waals surface area contributed by atoms with E-state index in [2.05, 4.69) is 193 Å². The Balaban J connectivity index is 1.24. The first-order chi connectivity index (χ1) is 25.8. The summed E-state index contributed by atoms with van der Waals surface area (Å²) in [6.45, 7) is 0. The fraction of sp³-hybridized carbons (Fsp3) is 0.0204. The molecule has 0 amide bonds. The minimum absolute atomic E-state index is 0.514. The first kappa shape index (κ1) is 29.9. The van der Waals surface area contributed by atoms with E-state index < -0.39 is 5.41 Å². The van der Waals surface area contributed by atoms with E-state index >= 15 is 0 Å². The fourth-order valence-corrected chi connectivity index (χ4v) is 11.4. The van der Waals surface area contributed by atoms with Crippen molar-refractivity contribution in [3.8, 4) is 27.9 Å². The van der Waals surface area contributed by atoms with Gasteiger partial charge < -0.3 is 4.57 Å². The molecule has 9 aromatic rings. The lowest BCUT2D eigenvalue weighted by atomic mass is 9.62. The molecule has 0 N–H and O–H groups in total. The third-order valence-corrected chi connectivity index (χ3v) is 13.3. The molecule has 1 aromatic heterocycles. The zero-order valence-corrected chi connectivity index (χ0v) is 29.8. The van der Waals surface area contributed by atoms with E-state index in [0.717, 1.165) is 0 Å². The van der Waals surface area contributed by atoms with Gasteiger partial charge in [0.25, 0.3) is 0 Å². The number of benzene rings is 8. The highest BCUT2D eigenvalue weighted by atomic mass is 32.2. The maximum Gasteiger partial charge on any atom is 0.0751 e. The molecular weight excluding hydrogens is 667 g/mol. The molecule has 11 rings (SSSR count). The first-order valence-corrected chi connectivity index (χ1v) is 19.4. The maximum absolute atomic E-state index is 2.42. The Labute approximate surface area is 311 Å². The summed E-state index contributed by atoms with van der Waals surface area (Å²) in [6, 6.07) is 69.7.